The van der Waals surface area contributed by atoms with Crippen molar-refractivity contribution in [2.45, 2.75) is 58.0 Å². The van der Waals surface area contributed by atoms with Crippen LogP contribution in [0.25, 0.3) is 22.1 Å². The average Bonchev–Trinajstić information content (AvgIpc) is 3.66. The van der Waals surface area contributed by atoms with Gasteiger partial charge in [0.05, 0.1) is 41.4 Å². The molecule has 3 aromatic heterocycles. The highest BCUT2D eigenvalue weighted by atomic mass is 19.4. The van der Waals surface area contributed by atoms with Crippen molar-refractivity contribution in [2.24, 2.45) is 5.92 Å². The van der Waals surface area contributed by atoms with E-state index in [9.17, 15) is 17.6 Å². The SMILES string of the molecule is Fc1cncc(Cn2c(N3CCC(Cc4ccc5c(c4)nc(N4CCCCC4)n5Cc4cccc(OC(F)(F)F)c4)CC3)nc3ccccc32)c1. The molecular formula is C39H39F4N7O. The molecule has 0 aliphatic carbocycles. The van der Waals surface area contributed by atoms with Crippen LogP contribution in [0.1, 0.15) is 48.8 Å². The molecule has 0 radical (unpaired) electrons. The lowest BCUT2D eigenvalue weighted by molar-refractivity contribution is -0.274. The van der Waals surface area contributed by atoms with Gasteiger partial charge in [-0.3, -0.25) is 4.98 Å². The van der Waals surface area contributed by atoms with Crippen LogP contribution in [-0.4, -0.2) is 56.6 Å². The van der Waals surface area contributed by atoms with Gasteiger partial charge in [-0.15, -0.1) is 13.2 Å². The first-order valence-corrected chi connectivity index (χ1v) is 17.6. The minimum atomic E-state index is -4.74. The van der Waals surface area contributed by atoms with Crippen LogP contribution in [0.5, 0.6) is 5.75 Å². The van der Waals surface area contributed by atoms with Crippen molar-refractivity contribution in [3.05, 3.63) is 108 Å². The van der Waals surface area contributed by atoms with Gasteiger partial charge < -0.3 is 23.7 Å². The molecule has 8 nitrogen and oxygen atoms in total. The number of para-hydroxylation sites is 2. The molecule has 0 amide bonds. The van der Waals surface area contributed by atoms with Crippen molar-refractivity contribution in [1.82, 2.24) is 24.1 Å². The number of alkyl halides is 3. The minimum absolute atomic E-state index is 0.224. The van der Waals surface area contributed by atoms with E-state index >= 15 is 0 Å². The molecular weight excluding hydrogens is 658 g/mol. The van der Waals surface area contributed by atoms with Crippen molar-refractivity contribution in [1.29, 1.82) is 0 Å². The predicted octanol–water partition coefficient (Wildman–Crippen LogP) is 8.36. The molecule has 0 saturated carbocycles. The summed E-state index contributed by atoms with van der Waals surface area (Å²) in [5.74, 6) is 1.67. The zero-order valence-electron chi connectivity index (χ0n) is 28.2. The number of nitrogens with zero attached hydrogens (tertiary/aromatic N) is 7. The molecule has 2 aliphatic rings. The normalized spacial score (nSPS) is 16.0. The third-order valence-corrected chi connectivity index (χ3v) is 10.1. The standard InChI is InChI=1S/C39H39F4N7O/c40-31-20-30(23-44-24-31)26-50-35-10-3-2-9-33(35)45-37(50)48-17-13-27(14-18-48)19-28-11-12-36-34(22-28)46-38(47-15-4-1-5-16-47)49(36)25-29-7-6-8-32(21-29)51-39(41,42)43/h2-3,6-12,20-24,27H,1,4-5,13-19,25-26H2. The highest BCUT2D eigenvalue weighted by Crippen LogP contribution is 2.32. The monoisotopic (exact) mass is 697 g/mol. The fraction of sp³-hybridized carbons (Fsp3) is 0.359. The Morgan fingerprint density at radius 2 is 1.37 bits per heavy atom. The molecule has 2 fully saturated rings. The Kier molecular flexibility index (Phi) is 8.99. The summed E-state index contributed by atoms with van der Waals surface area (Å²) in [6, 6.07) is 22.2. The van der Waals surface area contributed by atoms with E-state index in [0.717, 1.165) is 97.8 Å². The summed E-state index contributed by atoms with van der Waals surface area (Å²) in [5.41, 5.74) is 6.52. The Hall–Kier alpha value is -5.13. The van der Waals surface area contributed by atoms with Gasteiger partial charge in [0.2, 0.25) is 11.9 Å². The zero-order chi connectivity index (χ0) is 35.0. The van der Waals surface area contributed by atoms with Crippen molar-refractivity contribution in [3.63, 3.8) is 0 Å². The summed E-state index contributed by atoms with van der Waals surface area (Å²) in [4.78, 5) is 18.8. The van der Waals surface area contributed by atoms with Crippen molar-refractivity contribution in [2.75, 3.05) is 36.0 Å². The number of piperidine rings is 2. The highest BCUT2D eigenvalue weighted by molar-refractivity contribution is 5.80. The fourth-order valence-corrected chi connectivity index (χ4v) is 7.66. The molecule has 8 rings (SSSR count). The van der Waals surface area contributed by atoms with Crippen LogP contribution < -0.4 is 14.5 Å². The molecule has 0 bridgehead atoms. The lowest BCUT2D eigenvalue weighted by Gasteiger charge is -2.33. The number of imidazole rings is 2. The van der Waals surface area contributed by atoms with Crippen LogP contribution in [0.2, 0.25) is 0 Å². The molecule has 2 aliphatic heterocycles. The second-order valence-corrected chi connectivity index (χ2v) is 13.7. The number of rotatable bonds is 9. The Bertz CT molecular complexity index is 2150. The van der Waals surface area contributed by atoms with Crippen LogP contribution >= 0.6 is 0 Å². The summed E-state index contributed by atoms with van der Waals surface area (Å²) < 4.78 is 61.3. The number of halogens is 4. The van der Waals surface area contributed by atoms with Crippen molar-refractivity contribution >= 4 is 34.0 Å². The van der Waals surface area contributed by atoms with Crippen LogP contribution in [0, 0.1) is 11.7 Å². The highest BCUT2D eigenvalue weighted by Gasteiger charge is 2.31. The number of hydrogen-bond acceptors (Lipinski definition) is 6. The molecule has 2 saturated heterocycles. The minimum Gasteiger partial charge on any atom is -0.406 e. The van der Waals surface area contributed by atoms with E-state index in [2.05, 4.69) is 52.9 Å². The van der Waals surface area contributed by atoms with Gasteiger partial charge in [0.25, 0.3) is 0 Å². The lowest BCUT2D eigenvalue weighted by Crippen LogP contribution is -2.36. The Morgan fingerprint density at radius 1 is 0.667 bits per heavy atom. The van der Waals surface area contributed by atoms with Crippen molar-refractivity contribution in [3.8, 4) is 5.75 Å². The maximum atomic E-state index is 14.0. The number of hydrogen-bond donors (Lipinski definition) is 0. The summed E-state index contributed by atoms with van der Waals surface area (Å²) >= 11 is 0. The van der Waals surface area contributed by atoms with Gasteiger partial charge >= 0.3 is 6.36 Å². The Morgan fingerprint density at radius 3 is 2.14 bits per heavy atom. The average molecular weight is 698 g/mol. The topological polar surface area (TPSA) is 64.2 Å². The Labute approximate surface area is 293 Å². The fourth-order valence-electron chi connectivity index (χ4n) is 7.66. The maximum Gasteiger partial charge on any atom is 0.573 e. The van der Waals surface area contributed by atoms with E-state index in [1.54, 1.807) is 12.3 Å². The number of pyridine rings is 1. The van der Waals surface area contributed by atoms with Gasteiger partial charge in [0, 0.05) is 32.4 Å². The van der Waals surface area contributed by atoms with E-state index in [0.29, 0.717) is 24.6 Å². The number of fused-ring (bicyclic) bond motifs is 2. The van der Waals surface area contributed by atoms with Gasteiger partial charge in [-0.1, -0.05) is 30.3 Å². The quantitative estimate of drug-likeness (QED) is 0.142. The van der Waals surface area contributed by atoms with Gasteiger partial charge in [-0.25, -0.2) is 14.4 Å². The van der Waals surface area contributed by atoms with E-state index in [1.165, 1.54) is 36.4 Å². The van der Waals surface area contributed by atoms with Gasteiger partial charge in [-0.05, 0) is 104 Å². The summed E-state index contributed by atoms with van der Waals surface area (Å²) in [7, 11) is 0. The molecule has 3 aromatic carbocycles. The first-order valence-electron chi connectivity index (χ1n) is 17.6. The summed E-state index contributed by atoms with van der Waals surface area (Å²) in [5, 5.41) is 0. The van der Waals surface area contributed by atoms with Crippen molar-refractivity contribution < 1.29 is 22.3 Å². The molecule has 0 unspecified atom stereocenters. The van der Waals surface area contributed by atoms with E-state index in [1.807, 2.05) is 24.3 Å². The second-order valence-electron chi connectivity index (χ2n) is 13.7. The first-order chi connectivity index (χ1) is 24.8. The molecule has 0 N–H and O–H groups in total. The lowest BCUT2D eigenvalue weighted by atomic mass is 9.90. The van der Waals surface area contributed by atoms with E-state index in [4.69, 9.17) is 9.97 Å². The largest absolute Gasteiger partial charge is 0.573 e. The molecule has 5 heterocycles. The predicted molar refractivity (Wildman–Crippen MR) is 190 cm³/mol. The smallest absolute Gasteiger partial charge is 0.406 e. The maximum absolute atomic E-state index is 14.0. The summed E-state index contributed by atoms with van der Waals surface area (Å²) in [6.45, 7) is 4.40. The van der Waals surface area contributed by atoms with Gasteiger partial charge in [0.15, 0.2) is 0 Å². The number of anilines is 2. The zero-order valence-corrected chi connectivity index (χ0v) is 28.2. The third-order valence-electron chi connectivity index (χ3n) is 10.1. The summed E-state index contributed by atoms with van der Waals surface area (Å²) in [6.07, 6.45) is 4.47. The van der Waals surface area contributed by atoms with E-state index < -0.39 is 6.36 Å². The van der Waals surface area contributed by atoms with Gasteiger partial charge in [0.1, 0.15) is 11.6 Å². The number of aromatic nitrogens is 5. The molecule has 12 heteroatoms. The van der Waals surface area contributed by atoms with Crippen LogP contribution in [-0.2, 0) is 19.5 Å². The molecule has 0 atom stereocenters. The van der Waals surface area contributed by atoms with Crippen LogP contribution in [0.4, 0.5) is 29.5 Å². The van der Waals surface area contributed by atoms with E-state index in [-0.39, 0.29) is 11.6 Å². The third kappa shape index (κ3) is 7.36. The second kappa shape index (κ2) is 13.9. The molecule has 0 spiro atoms. The molecule has 6 aromatic rings. The van der Waals surface area contributed by atoms with Gasteiger partial charge in [-0.2, -0.15) is 0 Å². The molecule has 51 heavy (non-hydrogen) atoms. The van der Waals surface area contributed by atoms with Crippen LogP contribution in [0.15, 0.2) is 85.2 Å². The Balaban J connectivity index is 1.00. The van der Waals surface area contributed by atoms with Crippen LogP contribution in [0.3, 0.4) is 0 Å². The molecule has 264 valence electrons. The first kappa shape index (κ1) is 33.0. The number of benzene rings is 3. The number of ether oxygens (including phenoxy) is 1.